The molecule has 0 aromatic carbocycles. The molecule has 0 radical (unpaired) electrons. The van der Waals surface area contributed by atoms with Crippen LogP contribution < -0.4 is 5.32 Å². The number of anilines is 1. The Kier molecular flexibility index (Phi) is 7.03. The summed E-state index contributed by atoms with van der Waals surface area (Å²) in [6, 6.07) is 0. The lowest BCUT2D eigenvalue weighted by Crippen LogP contribution is -2.25. The van der Waals surface area contributed by atoms with E-state index in [2.05, 4.69) is 5.32 Å². The van der Waals surface area contributed by atoms with Gasteiger partial charge in [-0.2, -0.15) is 0 Å². The van der Waals surface area contributed by atoms with Crippen LogP contribution in [0.2, 0.25) is 0 Å². The van der Waals surface area contributed by atoms with E-state index in [1.807, 2.05) is 0 Å². The lowest BCUT2D eigenvalue weighted by atomic mass is 9.89. The van der Waals surface area contributed by atoms with Crippen molar-refractivity contribution in [3.8, 4) is 0 Å². The van der Waals surface area contributed by atoms with Crippen LogP contribution in [0.3, 0.4) is 0 Å². The zero-order valence-electron chi connectivity index (χ0n) is 16.8. The predicted octanol–water partition coefficient (Wildman–Crippen LogP) is 4.71. The van der Waals surface area contributed by atoms with Crippen molar-refractivity contribution in [1.82, 2.24) is 0 Å². The van der Waals surface area contributed by atoms with Gasteiger partial charge in [0.1, 0.15) is 15.5 Å². The molecule has 1 aromatic heterocycles. The average Bonchev–Trinajstić information content (AvgIpc) is 2.90. The molecule has 27 heavy (non-hydrogen) atoms. The van der Waals surface area contributed by atoms with Gasteiger partial charge in [0, 0.05) is 5.92 Å². The number of ether oxygens (including phenoxy) is 2. The molecule has 0 aliphatic heterocycles. The molecule has 1 fully saturated rings. The van der Waals surface area contributed by atoms with Crippen LogP contribution >= 0.6 is 11.3 Å². The van der Waals surface area contributed by atoms with Gasteiger partial charge in [0.2, 0.25) is 5.91 Å². The monoisotopic (exact) mass is 395 g/mol. The Hall–Kier alpha value is -1.89. The molecule has 1 heterocycles. The van der Waals surface area contributed by atoms with Gasteiger partial charge >= 0.3 is 11.9 Å². The van der Waals surface area contributed by atoms with Crippen molar-refractivity contribution in [3.63, 3.8) is 0 Å². The zero-order valence-corrected chi connectivity index (χ0v) is 17.6. The Balaban J connectivity index is 2.33. The van der Waals surface area contributed by atoms with Crippen LogP contribution in [-0.2, 0) is 14.3 Å². The molecule has 150 valence electrons. The number of hydrogen-bond donors (Lipinski definition) is 1. The first-order valence-electron chi connectivity index (χ1n) is 9.48. The van der Waals surface area contributed by atoms with E-state index in [-0.39, 0.29) is 24.0 Å². The SMILES string of the molecule is CCOC(=O)c1c(NC(=O)C2CCCCC2)sc(C(=O)OC(C)(C)C)c1C. The van der Waals surface area contributed by atoms with Crippen molar-refractivity contribution in [2.75, 3.05) is 11.9 Å². The van der Waals surface area contributed by atoms with Gasteiger partial charge in [-0.05, 0) is 53.0 Å². The molecule has 1 aliphatic rings. The first-order valence-corrected chi connectivity index (χ1v) is 10.3. The van der Waals surface area contributed by atoms with Crippen LogP contribution in [0.4, 0.5) is 5.00 Å². The number of thiophene rings is 1. The molecule has 0 unspecified atom stereocenters. The quantitative estimate of drug-likeness (QED) is 0.730. The van der Waals surface area contributed by atoms with Crippen molar-refractivity contribution in [2.24, 2.45) is 5.92 Å². The Bertz CT molecular complexity index is 711. The summed E-state index contributed by atoms with van der Waals surface area (Å²) in [5, 5.41) is 3.23. The fourth-order valence-electron chi connectivity index (χ4n) is 3.15. The minimum atomic E-state index is -0.650. The van der Waals surface area contributed by atoms with E-state index in [1.54, 1.807) is 34.6 Å². The van der Waals surface area contributed by atoms with Crippen LogP contribution in [0.25, 0.3) is 0 Å². The van der Waals surface area contributed by atoms with Crippen molar-refractivity contribution in [3.05, 3.63) is 16.0 Å². The minimum absolute atomic E-state index is 0.0545. The summed E-state index contributed by atoms with van der Waals surface area (Å²) < 4.78 is 10.6. The van der Waals surface area contributed by atoms with Crippen LogP contribution in [0.15, 0.2) is 0 Å². The maximum absolute atomic E-state index is 12.6. The Morgan fingerprint density at radius 2 is 1.74 bits per heavy atom. The fourth-order valence-corrected chi connectivity index (χ4v) is 4.22. The van der Waals surface area contributed by atoms with Crippen LogP contribution in [0, 0.1) is 12.8 Å². The molecular weight excluding hydrogens is 366 g/mol. The molecule has 0 atom stereocenters. The first-order chi connectivity index (χ1) is 12.6. The van der Waals surface area contributed by atoms with Crippen molar-refractivity contribution in [2.45, 2.75) is 72.3 Å². The molecule has 1 aliphatic carbocycles. The molecular formula is C20H29NO5S. The van der Waals surface area contributed by atoms with Gasteiger partial charge < -0.3 is 14.8 Å². The van der Waals surface area contributed by atoms with Crippen LogP contribution in [0.5, 0.6) is 0 Å². The molecule has 1 N–H and O–H groups in total. The largest absolute Gasteiger partial charge is 0.462 e. The molecule has 7 heteroatoms. The van der Waals surface area contributed by atoms with E-state index in [4.69, 9.17) is 9.47 Å². The highest BCUT2D eigenvalue weighted by Gasteiger charge is 2.30. The average molecular weight is 396 g/mol. The number of amides is 1. The maximum atomic E-state index is 12.6. The van der Waals surface area contributed by atoms with Gasteiger partial charge in [-0.3, -0.25) is 4.79 Å². The van der Waals surface area contributed by atoms with Gasteiger partial charge in [0.05, 0.1) is 12.2 Å². The van der Waals surface area contributed by atoms with E-state index < -0.39 is 17.5 Å². The number of hydrogen-bond acceptors (Lipinski definition) is 6. The molecule has 6 nitrogen and oxygen atoms in total. The summed E-state index contributed by atoms with van der Waals surface area (Å²) in [6.07, 6.45) is 4.93. The first kappa shape index (κ1) is 21.4. The fraction of sp³-hybridized carbons (Fsp3) is 0.650. The number of esters is 2. The molecule has 1 amide bonds. The van der Waals surface area contributed by atoms with E-state index >= 15 is 0 Å². The van der Waals surface area contributed by atoms with Gasteiger partial charge in [0.15, 0.2) is 0 Å². The van der Waals surface area contributed by atoms with E-state index in [1.165, 1.54) is 0 Å². The summed E-state index contributed by atoms with van der Waals surface area (Å²) in [7, 11) is 0. The van der Waals surface area contributed by atoms with E-state index in [0.29, 0.717) is 15.4 Å². The van der Waals surface area contributed by atoms with Crippen LogP contribution in [-0.4, -0.2) is 30.1 Å². The molecule has 0 saturated heterocycles. The highest BCUT2D eigenvalue weighted by Crippen LogP contribution is 2.36. The van der Waals surface area contributed by atoms with Gasteiger partial charge in [-0.1, -0.05) is 19.3 Å². The molecule has 1 aromatic rings. The molecule has 1 saturated carbocycles. The van der Waals surface area contributed by atoms with Crippen molar-refractivity contribution in [1.29, 1.82) is 0 Å². The highest BCUT2D eigenvalue weighted by molar-refractivity contribution is 7.18. The second-order valence-corrected chi connectivity index (χ2v) is 8.83. The normalized spacial score (nSPS) is 15.3. The lowest BCUT2D eigenvalue weighted by molar-refractivity contribution is -0.120. The van der Waals surface area contributed by atoms with Gasteiger partial charge in [-0.25, -0.2) is 9.59 Å². The van der Waals surface area contributed by atoms with Gasteiger partial charge in [-0.15, -0.1) is 11.3 Å². The number of rotatable bonds is 5. The third-order valence-corrected chi connectivity index (χ3v) is 5.61. The van der Waals surface area contributed by atoms with E-state index in [9.17, 15) is 14.4 Å². The third kappa shape index (κ3) is 5.54. The number of carbonyl (C=O) groups is 3. The second kappa shape index (κ2) is 8.87. The summed E-state index contributed by atoms with van der Waals surface area (Å²) in [5.74, 6) is -1.20. The number of carbonyl (C=O) groups excluding carboxylic acids is 3. The zero-order chi connectivity index (χ0) is 20.2. The summed E-state index contributed by atoms with van der Waals surface area (Å²) in [4.78, 5) is 37.9. The number of nitrogens with one attached hydrogen (secondary N) is 1. The van der Waals surface area contributed by atoms with Crippen molar-refractivity contribution >= 4 is 34.2 Å². The Morgan fingerprint density at radius 1 is 1.11 bits per heavy atom. The summed E-state index contributed by atoms with van der Waals surface area (Å²) in [5.41, 5.74) is 0.0712. The molecule has 2 rings (SSSR count). The topological polar surface area (TPSA) is 81.7 Å². The van der Waals surface area contributed by atoms with Crippen molar-refractivity contribution < 1.29 is 23.9 Å². The Morgan fingerprint density at radius 3 is 2.30 bits per heavy atom. The second-order valence-electron chi connectivity index (χ2n) is 7.81. The highest BCUT2D eigenvalue weighted by atomic mass is 32.1. The standard InChI is InChI=1S/C20H29NO5S/c1-6-25-18(23)14-12(2)15(19(24)26-20(3,4)5)27-17(14)21-16(22)13-10-8-7-9-11-13/h13H,6-11H2,1-5H3,(H,21,22). The summed E-state index contributed by atoms with van der Waals surface area (Å²) >= 11 is 1.07. The molecule has 0 spiro atoms. The lowest BCUT2D eigenvalue weighted by Gasteiger charge is -2.20. The Labute approximate surface area is 164 Å². The third-order valence-electron chi connectivity index (χ3n) is 4.42. The van der Waals surface area contributed by atoms with Gasteiger partial charge in [0.25, 0.3) is 0 Å². The molecule has 0 bridgehead atoms. The smallest absolute Gasteiger partial charge is 0.349 e. The predicted molar refractivity (Wildman–Crippen MR) is 105 cm³/mol. The summed E-state index contributed by atoms with van der Waals surface area (Å²) in [6.45, 7) is 8.96. The minimum Gasteiger partial charge on any atom is -0.462 e. The van der Waals surface area contributed by atoms with E-state index in [0.717, 1.165) is 43.4 Å². The van der Waals surface area contributed by atoms with Crippen LogP contribution in [0.1, 0.15) is 85.4 Å². The maximum Gasteiger partial charge on any atom is 0.349 e.